The molecule has 10 heteroatoms. The summed E-state index contributed by atoms with van der Waals surface area (Å²) >= 11 is 6.35. The van der Waals surface area contributed by atoms with E-state index in [1.54, 1.807) is 6.07 Å². The van der Waals surface area contributed by atoms with E-state index >= 15 is 0 Å². The lowest BCUT2D eigenvalue weighted by Gasteiger charge is -2.39. The Morgan fingerprint density at radius 3 is 2.25 bits per heavy atom. The van der Waals surface area contributed by atoms with Crippen molar-refractivity contribution in [1.29, 1.82) is 0 Å². The maximum absolute atomic E-state index is 13.7. The molecule has 0 unspecified atom stereocenters. The summed E-state index contributed by atoms with van der Waals surface area (Å²) in [6.45, 7) is 0.706. The number of halogens is 5. The molecule has 32 heavy (non-hydrogen) atoms. The number of piperidine rings is 1. The molecular weight excluding hydrogens is 452 g/mol. The lowest BCUT2D eigenvalue weighted by molar-refractivity contribution is -0.144. The smallest absolute Gasteiger partial charge is 0.420 e. The van der Waals surface area contributed by atoms with Crippen molar-refractivity contribution in [3.05, 3.63) is 34.0 Å². The van der Waals surface area contributed by atoms with Gasteiger partial charge in [0.15, 0.2) is 0 Å². The molecule has 0 atom stereocenters. The van der Waals surface area contributed by atoms with Crippen LogP contribution in [0.15, 0.2) is 16.5 Å². The number of alkyl halides is 4. The van der Waals surface area contributed by atoms with Gasteiger partial charge in [-0.25, -0.2) is 4.39 Å². The third kappa shape index (κ3) is 3.74. The zero-order chi connectivity index (χ0) is 22.8. The molecule has 1 aromatic heterocycles. The van der Waals surface area contributed by atoms with Crippen LogP contribution in [0, 0.1) is 5.92 Å². The van der Waals surface area contributed by atoms with E-state index in [1.807, 2.05) is 0 Å². The molecule has 1 aromatic carbocycles. The first-order valence-electron chi connectivity index (χ1n) is 10.7. The number of amides is 2. The number of furan rings is 1. The van der Waals surface area contributed by atoms with E-state index in [1.165, 1.54) is 9.80 Å². The number of carbonyl (C=O) groups is 2. The Morgan fingerprint density at radius 2 is 1.69 bits per heavy atom. The van der Waals surface area contributed by atoms with Crippen molar-refractivity contribution in [2.24, 2.45) is 5.92 Å². The fraction of sp³-hybridized carbons (Fsp3) is 0.545. The van der Waals surface area contributed by atoms with Crippen LogP contribution < -0.4 is 0 Å². The average Bonchev–Trinajstić information content (AvgIpc) is 3.53. The maximum atomic E-state index is 13.7. The Hall–Kier alpha value is -2.29. The van der Waals surface area contributed by atoms with Gasteiger partial charge in [0.05, 0.1) is 23.7 Å². The molecule has 2 aliphatic heterocycles. The standard InChI is InChI=1S/C22H21ClF4N2O3/c23-17-15-7-13(11-1-2-11)8-16(22(25,26)27)18(15)32-19(17)21(31)28-5-3-12(4-6-28)20(30)29-9-14(24)10-29/h7-8,11-12,14H,1-6,9-10H2. The molecule has 0 bridgehead atoms. The summed E-state index contributed by atoms with van der Waals surface area (Å²) in [5.41, 5.74) is -0.811. The number of likely N-dealkylation sites (tertiary alicyclic amines) is 2. The van der Waals surface area contributed by atoms with Crippen LogP contribution in [0.5, 0.6) is 0 Å². The van der Waals surface area contributed by atoms with E-state index in [4.69, 9.17) is 16.0 Å². The molecule has 172 valence electrons. The molecule has 5 nitrogen and oxygen atoms in total. The lowest BCUT2D eigenvalue weighted by Crippen LogP contribution is -2.54. The molecule has 0 spiro atoms. The van der Waals surface area contributed by atoms with Crippen LogP contribution in [-0.2, 0) is 11.0 Å². The van der Waals surface area contributed by atoms with Gasteiger partial charge in [0.25, 0.3) is 5.91 Å². The van der Waals surface area contributed by atoms with Gasteiger partial charge in [-0.05, 0) is 49.3 Å². The predicted molar refractivity (Wildman–Crippen MR) is 108 cm³/mol. The first-order valence-corrected chi connectivity index (χ1v) is 11.1. The summed E-state index contributed by atoms with van der Waals surface area (Å²) in [6.07, 6.45) is -3.18. The Morgan fingerprint density at radius 1 is 1.03 bits per heavy atom. The highest BCUT2D eigenvalue weighted by molar-refractivity contribution is 6.38. The SMILES string of the molecule is O=C(c1oc2c(C(F)(F)F)cc(C3CC3)cc2c1Cl)N1CCC(C(=O)N2CC(F)C2)CC1. The Balaban J connectivity index is 1.37. The summed E-state index contributed by atoms with van der Waals surface area (Å²) in [5.74, 6) is -1.24. The molecule has 1 aliphatic carbocycles. The minimum absolute atomic E-state index is 0.0706. The highest BCUT2D eigenvalue weighted by atomic mass is 35.5. The van der Waals surface area contributed by atoms with Crippen LogP contribution in [0.3, 0.4) is 0 Å². The Kier molecular flexibility index (Phi) is 5.15. The van der Waals surface area contributed by atoms with Crippen molar-refractivity contribution in [2.45, 2.75) is 43.9 Å². The van der Waals surface area contributed by atoms with Crippen LogP contribution in [0.4, 0.5) is 17.6 Å². The van der Waals surface area contributed by atoms with Crippen LogP contribution in [0.25, 0.3) is 11.0 Å². The topological polar surface area (TPSA) is 53.8 Å². The molecule has 0 N–H and O–H groups in total. The first-order chi connectivity index (χ1) is 15.1. The monoisotopic (exact) mass is 472 g/mol. The minimum atomic E-state index is -4.64. The van der Waals surface area contributed by atoms with E-state index < -0.39 is 29.4 Å². The molecule has 2 amide bonds. The molecule has 3 fully saturated rings. The van der Waals surface area contributed by atoms with Gasteiger partial charge in [-0.1, -0.05) is 11.6 Å². The molecule has 0 radical (unpaired) electrons. The second-order valence-corrected chi connectivity index (χ2v) is 9.25. The summed E-state index contributed by atoms with van der Waals surface area (Å²) in [6, 6.07) is 2.67. The highest BCUT2D eigenvalue weighted by Gasteiger charge is 2.40. The van der Waals surface area contributed by atoms with Gasteiger partial charge in [-0.15, -0.1) is 0 Å². The van der Waals surface area contributed by atoms with Crippen molar-refractivity contribution in [2.75, 3.05) is 26.2 Å². The fourth-order valence-corrected chi connectivity index (χ4v) is 4.79. The molecule has 5 rings (SSSR count). The van der Waals surface area contributed by atoms with Crippen molar-refractivity contribution in [1.82, 2.24) is 9.80 Å². The Bertz CT molecular complexity index is 1080. The van der Waals surface area contributed by atoms with Gasteiger partial charge in [-0.3, -0.25) is 9.59 Å². The van der Waals surface area contributed by atoms with Crippen LogP contribution in [-0.4, -0.2) is 54.0 Å². The summed E-state index contributed by atoms with van der Waals surface area (Å²) < 4.78 is 59.4. The fourth-order valence-electron chi connectivity index (χ4n) is 4.53. The van der Waals surface area contributed by atoms with Crippen molar-refractivity contribution in [3.63, 3.8) is 0 Å². The quantitative estimate of drug-likeness (QED) is 0.590. The summed E-state index contributed by atoms with van der Waals surface area (Å²) in [4.78, 5) is 28.3. The Labute approximate surface area is 186 Å². The summed E-state index contributed by atoms with van der Waals surface area (Å²) in [7, 11) is 0. The van der Waals surface area contributed by atoms with Gasteiger partial charge in [-0.2, -0.15) is 13.2 Å². The molecule has 1 saturated carbocycles. The van der Waals surface area contributed by atoms with Gasteiger partial charge in [0.1, 0.15) is 11.8 Å². The number of carbonyl (C=O) groups excluding carboxylic acids is 2. The molecule has 3 heterocycles. The highest BCUT2D eigenvalue weighted by Crippen LogP contribution is 2.47. The molecule has 3 aliphatic rings. The number of benzene rings is 1. The third-order valence-corrected chi connectivity index (χ3v) is 6.95. The van der Waals surface area contributed by atoms with Crippen molar-refractivity contribution >= 4 is 34.4 Å². The zero-order valence-corrected chi connectivity index (χ0v) is 17.8. The second-order valence-electron chi connectivity index (χ2n) is 8.87. The number of hydrogen-bond donors (Lipinski definition) is 0. The van der Waals surface area contributed by atoms with E-state index in [0.29, 0.717) is 18.4 Å². The van der Waals surface area contributed by atoms with E-state index in [9.17, 15) is 27.2 Å². The van der Waals surface area contributed by atoms with Crippen LogP contribution in [0.2, 0.25) is 5.02 Å². The number of rotatable bonds is 3. The lowest BCUT2D eigenvalue weighted by atomic mass is 9.93. The van der Waals surface area contributed by atoms with Crippen LogP contribution in [0.1, 0.15) is 53.3 Å². The summed E-state index contributed by atoms with van der Waals surface area (Å²) in [5, 5.41) is -0.0267. The van der Waals surface area contributed by atoms with Crippen molar-refractivity contribution in [3.8, 4) is 0 Å². The largest absolute Gasteiger partial charge is 0.449 e. The number of fused-ring (bicyclic) bond motifs is 1. The molecule has 2 aromatic rings. The maximum Gasteiger partial charge on any atom is 0.420 e. The molecule has 2 saturated heterocycles. The van der Waals surface area contributed by atoms with Gasteiger partial charge in [0.2, 0.25) is 11.7 Å². The van der Waals surface area contributed by atoms with E-state index in [2.05, 4.69) is 0 Å². The van der Waals surface area contributed by atoms with Crippen molar-refractivity contribution < 1.29 is 31.6 Å². The number of nitrogens with zero attached hydrogens (tertiary/aromatic N) is 2. The van der Waals surface area contributed by atoms with Crippen LogP contribution >= 0.6 is 11.6 Å². The predicted octanol–water partition coefficient (Wildman–Crippen LogP) is 5.01. The average molecular weight is 473 g/mol. The van der Waals surface area contributed by atoms with E-state index in [-0.39, 0.29) is 60.1 Å². The van der Waals surface area contributed by atoms with E-state index in [0.717, 1.165) is 18.9 Å². The van der Waals surface area contributed by atoms with Gasteiger partial charge >= 0.3 is 6.18 Å². The third-order valence-electron chi connectivity index (χ3n) is 6.58. The normalized spacial score (nSPS) is 20.7. The van der Waals surface area contributed by atoms with Gasteiger partial charge < -0.3 is 14.2 Å². The van der Waals surface area contributed by atoms with Gasteiger partial charge in [0, 0.05) is 24.4 Å². The molecular formula is C22H21ClF4N2O3. The minimum Gasteiger partial charge on any atom is -0.449 e. The zero-order valence-electron chi connectivity index (χ0n) is 17.1. The second kappa shape index (κ2) is 7.64. The first kappa shape index (κ1) is 21.6. The number of hydrogen-bond acceptors (Lipinski definition) is 3.